The van der Waals surface area contributed by atoms with Gasteiger partial charge in [0.2, 0.25) is 0 Å². The first-order valence-corrected chi connectivity index (χ1v) is 8.23. The fraction of sp³-hybridized carbons (Fsp3) is 0.0500. The van der Waals surface area contributed by atoms with E-state index < -0.39 is 23.4 Å². The number of rotatable bonds is 6. The second kappa shape index (κ2) is 8.34. The smallest absolute Gasteiger partial charge is 0.270 e. The van der Waals surface area contributed by atoms with Crippen molar-refractivity contribution in [3.8, 4) is 11.4 Å². The Kier molecular flexibility index (Phi) is 5.69. The van der Waals surface area contributed by atoms with Crippen LogP contribution in [-0.2, 0) is 0 Å². The van der Waals surface area contributed by atoms with Crippen LogP contribution in [0.1, 0.15) is 10.5 Å². The van der Waals surface area contributed by atoms with Crippen molar-refractivity contribution in [1.82, 2.24) is 15.3 Å². The third-order valence-corrected chi connectivity index (χ3v) is 3.70. The molecule has 0 aliphatic carbocycles. The zero-order chi connectivity index (χ0) is 20.1. The Morgan fingerprint density at radius 1 is 1.04 bits per heavy atom. The highest BCUT2D eigenvalue weighted by Gasteiger charge is 2.16. The highest BCUT2D eigenvalue weighted by Crippen LogP contribution is 2.25. The molecule has 1 heterocycles. The Morgan fingerprint density at radius 3 is 2.50 bits per heavy atom. The zero-order valence-electron chi connectivity index (χ0n) is 14.5. The molecular formula is C20H15F3N4O. The first-order chi connectivity index (χ1) is 13.5. The molecule has 0 fully saturated rings. The molecule has 0 spiro atoms. The van der Waals surface area contributed by atoms with Gasteiger partial charge < -0.3 is 10.6 Å². The fourth-order valence-electron chi connectivity index (χ4n) is 2.36. The molecule has 1 aromatic heterocycles. The van der Waals surface area contributed by atoms with E-state index in [2.05, 4.69) is 27.2 Å². The van der Waals surface area contributed by atoms with E-state index in [0.717, 1.165) is 12.1 Å². The molecule has 0 saturated carbocycles. The topological polar surface area (TPSA) is 66.9 Å². The van der Waals surface area contributed by atoms with Gasteiger partial charge in [-0.2, -0.15) is 0 Å². The highest BCUT2D eigenvalue weighted by atomic mass is 19.2. The van der Waals surface area contributed by atoms with Crippen LogP contribution in [0.25, 0.3) is 11.4 Å². The number of carbonyl (C=O) groups is 1. The summed E-state index contributed by atoms with van der Waals surface area (Å²) >= 11 is 0. The first-order valence-electron chi connectivity index (χ1n) is 8.23. The molecule has 0 saturated heterocycles. The summed E-state index contributed by atoms with van der Waals surface area (Å²) in [6.07, 6.45) is 1.51. The Hall–Kier alpha value is -3.68. The van der Waals surface area contributed by atoms with Gasteiger partial charge in [0.1, 0.15) is 11.5 Å². The number of aromatic nitrogens is 2. The van der Waals surface area contributed by atoms with Crippen LogP contribution < -0.4 is 10.6 Å². The monoisotopic (exact) mass is 384 g/mol. The maximum atomic E-state index is 14.0. The summed E-state index contributed by atoms with van der Waals surface area (Å²) < 4.78 is 40.6. The number of halogens is 3. The number of nitrogens with one attached hydrogen (secondary N) is 2. The summed E-state index contributed by atoms with van der Waals surface area (Å²) in [4.78, 5) is 20.8. The van der Waals surface area contributed by atoms with Crippen molar-refractivity contribution in [2.24, 2.45) is 0 Å². The molecular weight excluding hydrogens is 369 g/mol. The number of carbonyl (C=O) groups excluding carboxylic acids is 1. The van der Waals surface area contributed by atoms with Crippen molar-refractivity contribution < 1.29 is 18.0 Å². The lowest BCUT2D eigenvalue weighted by Gasteiger charge is -2.11. The van der Waals surface area contributed by atoms with Gasteiger partial charge in [0.25, 0.3) is 5.91 Å². The van der Waals surface area contributed by atoms with E-state index in [9.17, 15) is 18.0 Å². The highest BCUT2D eigenvalue weighted by molar-refractivity contribution is 5.93. The molecule has 1 amide bonds. The van der Waals surface area contributed by atoms with Crippen molar-refractivity contribution in [2.75, 3.05) is 11.9 Å². The van der Waals surface area contributed by atoms with Crippen LogP contribution in [-0.4, -0.2) is 22.4 Å². The molecule has 142 valence electrons. The van der Waals surface area contributed by atoms with Gasteiger partial charge in [-0.05, 0) is 12.1 Å². The van der Waals surface area contributed by atoms with Crippen LogP contribution in [0, 0.1) is 17.5 Å². The Bertz CT molecular complexity index is 1030. The predicted octanol–water partition coefficient (Wildman–Crippen LogP) is 4.22. The van der Waals surface area contributed by atoms with Crippen molar-refractivity contribution in [2.45, 2.75) is 0 Å². The average molecular weight is 384 g/mol. The van der Waals surface area contributed by atoms with Gasteiger partial charge in [-0.1, -0.05) is 36.4 Å². The third kappa shape index (κ3) is 4.17. The molecule has 0 radical (unpaired) electrons. The van der Waals surface area contributed by atoms with Crippen LogP contribution in [0.4, 0.5) is 24.7 Å². The lowest BCUT2D eigenvalue weighted by molar-refractivity contribution is 0.0953. The van der Waals surface area contributed by atoms with Gasteiger partial charge in [-0.15, -0.1) is 6.58 Å². The molecule has 8 heteroatoms. The summed E-state index contributed by atoms with van der Waals surface area (Å²) in [6, 6.07) is 11.9. The molecule has 0 aliphatic heterocycles. The number of hydrogen-bond donors (Lipinski definition) is 2. The summed E-state index contributed by atoms with van der Waals surface area (Å²) in [6.45, 7) is 3.75. The number of amides is 1. The van der Waals surface area contributed by atoms with E-state index in [-0.39, 0.29) is 29.6 Å². The largest absolute Gasteiger partial charge is 0.347 e. The summed E-state index contributed by atoms with van der Waals surface area (Å²) in [5.74, 6) is -4.54. The van der Waals surface area contributed by atoms with E-state index in [1.54, 1.807) is 30.3 Å². The van der Waals surface area contributed by atoms with Gasteiger partial charge in [-0.3, -0.25) is 4.79 Å². The van der Waals surface area contributed by atoms with Gasteiger partial charge in [0.05, 0.1) is 5.69 Å². The standard InChI is InChI=1S/C20H15F3N4O/c1-2-10-24-20(28)15-11-16(25-14-9-8-13(21)17(22)18(14)23)27-19(26-15)12-6-4-3-5-7-12/h2-9,11H,1,10H2,(H,24,28)(H,25,26,27). The van der Waals surface area contributed by atoms with E-state index in [0.29, 0.717) is 5.56 Å². The van der Waals surface area contributed by atoms with E-state index >= 15 is 0 Å². The van der Waals surface area contributed by atoms with Crippen molar-refractivity contribution >= 4 is 17.4 Å². The minimum absolute atomic E-state index is 0.0150. The molecule has 2 aromatic carbocycles. The second-order valence-corrected chi connectivity index (χ2v) is 5.67. The lowest BCUT2D eigenvalue weighted by atomic mass is 10.2. The van der Waals surface area contributed by atoms with Crippen LogP contribution in [0.15, 0.2) is 61.2 Å². The van der Waals surface area contributed by atoms with Crippen LogP contribution in [0.2, 0.25) is 0 Å². The van der Waals surface area contributed by atoms with Gasteiger partial charge in [-0.25, -0.2) is 23.1 Å². The Balaban J connectivity index is 2.03. The number of benzene rings is 2. The Morgan fingerprint density at radius 2 is 1.79 bits per heavy atom. The van der Waals surface area contributed by atoms with Crippen LogP contribution in [0.5, 0.6) is 0 Å². The van der Waals surface area contributed by atoms with E-state index in [1.165, 1.54) is 12.1 Å². The molecule has 0 bridgehead atoms. The molecule has 2 N–H and O–H groups in total. The second-order valence-electron chi connectivity index (χ2n) is 5.67. The fourth-order valence-corrected chi connectivity index (χ4v) is 2.36. The molecule has 0 aliphatic rings. The van der Waals surface area contributed by atoms with Gasteiger partial charge in [0, 0.05) is 18.2 Å². The van der Waals surface area contributed by atoms with Crippen LogP contribution in [0.3, 0.4) is 0 Å². The van der Waals surface area contributed by atoms with Crippen molar-refractivity contribution in [3.05, 3.63) is 84.3 Å². The van der Waals surface area contributed by atoms with Crippen molar-refractivity contribution in [3.63, 3.8) is 0 Å². The van der Waals surface area contributed by atoms with E-state index in [4.69, 9.17) is 0 Å². The lowest BCUT2D eigenvalue weighted by Crippen LogP contribution is -2.24. The third-order valence-electron chi connectivity index (χ3n) is 3.70. The summed E-state index contributed by atoms with van der Waals surface area (Å²) in [5, 5.41) is 5.16. The quantitative estimate of drug-likeness (QED) is 0.493. The SMILES string of the molecule is C=CCNC(=O)c1cc(Nc2ccc(F)c(F)c2F)nc(-c2ccccc2)n1. The predicted molar refractivity (Wildman–Crippen MR) is 99.6 cm³/mol. The minimum Gasteiger partial charge on any atom is -0.347 e. The number of hydrogen-bond acceptors (Lipinski definition) is 4. The zero-order valence-corrected chi connectivity index (χ0v) is 14.5. The molecule has 5 nitrogen and oxygen atoms in total. The normalized spacial score (nSPS) is 10.4. The Labute approximate surface area is 159 Å². The molecule has 0 atom stereocenters. The average Bonchev–Trinajstić information content (AvgIpc) is 2.73. The molecule has 28 heavy (non-hydrogen) atoms. The molecule has 3 aromatic rings. The summed E-state index contributed by atoms with van der Waals surface area (Å²) in [5.41, 5.74) is 0.310. The number of nitrogens with zero attached hydrogens (tertiary/aromatic N) is 2. The maximum absolute atomic E-state index is 14.0. The number of anilines is 2. The van der Waals surface area contributed by atoms with E-state index in [1.807, 2.05) is 0 Å². The molecule has 3 rings (SSSR count). The first kappa shape index (κ1) is 19.1. The van der Waals surface area contributed by atoms with Crippen LogP contribution >= 0.6 is 0 Å². The molecule has 0 unspecified atom stereocenters. The van der Waals surface area contributed by atoms with Crippen molar-refractivity contribution in [1.29, 1.82) is 0 Å². The maximum Gasteiger partial charge on any atom is 0.270 e. The minimum atomic E-state index is -1.61. The van der Waals surface area contributed by atoms with Gasteiger partial charge in [0.15, 0.2) is 23.3 Å². The summed E-state index contributed by atoms with van der Waals surface area (Å²) in [7, 11) is 0. The van der Waals surface area contributed by atoms with Gasteiger partial charge >= 0.3 is 0 Å².